The first-order valence-electron chi connectivity index (χ1n) is 7.45. The van der Waals surface area contributed by atoms with Crippen molar-refractivity contribution in [2.24, 2.45) is 5.73 Å². The van der Waals surface area contributed by atoms with Crippen LogP contribution in [-0.2, 0) is 9.09 Å². The van der Waals surface area contributed by atoms with E-state index in [1.54, 1.807) is 0 Å². The van der Waals surface area contributed by atoms with Crippen LogP contribution in [0.15, 0.2) is 0 Å². The highest BCUT2D eigenvalue weighted by Crippen LogP contribution is 2.37. The van der Waals surface area contributed by atoms with Gasteiger partial charge in [-0.3, -0.25) is 4.52 Å². The SMILES string of the molecule is CCCCCCCCCCCCC(N)OP(=O)(O)O. The fourth-order valence-corrected chi connectivity index (χ4v) is 2.52. The van der Waals surface area contributed by atoms with E-state index in [0.717, 1.165) is 19.3 Å². The first-order valence-corrected chi connectivity index (χ1v) is 8.98. The van der Waals surface area contributed by atoms with Gasteiger partial charge in [-0.05, 0) is 12.8 Å². The van der Waals surface area contributed by atoms with Crippen molar-refractivity contribution in [2.75, 3.05) is 0 Å². The maximum Gasteiger partial charge on any atom is 0.471 e. The standard InChI is InChI=1S/C13H30NO4P/c1-2-3-4-5-6-7-8-9-10-11-12-13(14)18-19(15,16)17/h13H,2-12,14H2,1H3,(H2,15,16,17). The first-order chi connectivity index (χ1) is 8.95. The van der Waals surface area contributed by atoms with Gasteiger partial charge in [0.15, 0.2) is 0 Å². The molecular weight excluding hydrogens is 265 g/mol. The summed E-state index contributed by atoms with van der Waals surface area (Å²) in [6.07, 6.45) is 11.9. The molecule has 0 amide bonds. The Bertz CT molecular complexity index is 245. The maximum absolute atomic E-state index is 10.5. The van der Waals surface area contributed by atoms with Gasteiger partial charge in [0, 0.05) is 0 Å². The molecule has 5 nitrogen and oxygen atoms in total. The lowest BCUT2D eigenvalue weighted by Gasteiger charge is -2.12. The summed E-state index contributed by atoms with van der Waals surface area (Å²) in [5.74, 6) is 0. The normalized spacial score (nSPS) is 13.7. The molecule has 1 atom stereocenters. The lowest BCUT2D eigenvalue weighted by molar-refractivity contribution is 0.129. The van der Waals surface area contributed by atoms with Gasteiger partial charge in [-0.15, -0.1) is 0 Å². The number of hydrogen-bond donors (Lipinski definition) is 3. The van der Waals surface area contributed by atoms with Gasteiger partial charge >= 0.3 is 7.82 Å². The minimum atomic E-state index is -4.43. The predicted molar refractivity (Wildman–Crippen MR) is 77.6 cm³/mol. The van der Waals surface area contributed by atoms with Crippen LogP contribution in [0, 0.1) is 0 Å². The zero-order chi connectivity index (χ0) is 14.6. The lowest BCUT2D eigenvalue weighted by atomic mass is 10.1. The lowest BCUT2D eigenvalue weighted by Crippen LogP contribution is -2.22. The zero-order valence-electron chi connectivity index (χ0n) is 12.1. The molecule has 0 aromatic rings. The van der Waals surface area contributed by atoms with Crippen molar-refractivity contribution < 1.29 is 18.9 Å². The van der Waals surface area contributed by atoms with Crippen molar-refractivity contribution in [1.29, 1.82) is 0 Å². The van der Waals surface area contributed by atoms with E-state index in [1.807, 2.05) is 0 Å². The summed E-state index contributed by atoms with van der Waals surface area (Å²) in [7, 11) is -4.43. The molecule has 0 saturated heterocycles. The Labute approximate surface area is 117 Å². The molecule has 116 valence electrons. The molecule has 6 heteroatoms. The summed E-state index contributed by atoms with van der Waals surface area (Å²) in [5, 5.41) is 0. The second-order valence-corrected chi connectivity index (χ2v) is 6.30. The van der Waals surface area contributed by atoms with Crippen molar-refractivity contribution >= 4 is 7.82 Å². The molecule has 1 unspecified atom stereocenters. The summed E-state index contributed by atoms with van der Waals surface area (Å²) >= 11 is 0. The second-order valence-electron chi connectivity index (χ2n) is 5.11. The highest BCUT2D eigenvalue weighted by Gasteiger charge is 2.18. The molecule has 0 radical (unpaired) electrons. The summed E-state index contributed by atoms with van der Waals surface area (Å²) in [6, 6.07) is 0. The van der Waals surface area contributed by atoms with Crippen molar-refractivity contribution in [2.45, 2.75) is 83.8 Å². The Morgan fingerprint density at radius 3 is 1.79 bits per heavy atom. The van der Waals surface area contributed by atoms with Gasteiger partial charge in [0.1, 0.15) is 6.23 Å². The molecule has 0 bridgehead atoms. The molecule has 0 aliphatic rings. The molecule has 0 saturated carbocycles. The molecule has 0 fully saturated rings. The minimum Gasteiger partial charge on any atom is -0.306 e. The van der Waals surface area contributed by atoms with Crippen molar-refractivity contribution in [3.63, 3.8) is 0 Å². The molecule has 0 rings (SSSR count). The fourth-order valence-electron chi connectivity index (χ4n) is 2.06. The molecule has 0 heterocycles. The van der Waals surface area contributed by atoms with Crippen LogP contribution >= 0.6 is 7.82 Å². The van der Waals surface area contributed by atoms with E-state index < -0.39 is 14.1 Å². The quantitative estimate of drug-likeness (QED) is 0.274. The van der Waals surface area contributed by atoms with Gasteiger partial charge in [0.2, 0.25) is 0 Å². The van der Waals surface area contributed by atoms with Crippen LogP contribution in [0.25, 0.3) is 0 Å². The Morgan fingerprint density at radius 2 is 1.37 bits per heavy atom. The zero-order valence-corrected chi connectivity index (χ0v) is 13.0. The third kappa shape index (κ3) is 16.0. The average Bonchev–Trinajstić information content (AvgIpc) is 2.29. The van der Waals surface area contributed by atoms with Gasteiger partial charge < -0.3 is 15.5 Å². The number of unbranched alkanes of at least 4 members (excludes halogenated alkanes) is 9. The number of rotatable bonds is 13. The number of phosphoric acid groups is 1. The maximum atomic E-state index is 10.5. The van der Waals surface area contributed by atoms with Gasteiger partial charge in [-0.1, -0.05) is 64.7 Å². The van der Waals surface area contributed by atoms with E-state index >= 15 is 0 Å². The molecule has 0 aromatic heterocycles. The molecular formula is C13H30NO4P. The third-order valence-electron chi connectivity index (χ3n) is 3.11. The van der Waals surface area contributed by atoms with Gasteiger partial charge in [0.25, 0.3) is 0 Å². The van der Waals surface area contributed by atoms with Crippen molar-refractivity contribution in [3.05, 3.63) is 0 Å². The van der Waals surface area contributed by atoms with Gasteiger partial charge in [-0.25, -0.2) is 4.57 Å². The minimum absolute atomic E-state index is 0.502. The number of hydrogen-bond acceptors (Lipinski definition) is 3. The summed E-state index contributed by atoms with van der Waals surface area (Å²) in [5.41, 5.74) is 5.45. The highest BCUT2D eigenvalue weighted by atomic mass is 31.2. The smallest absolute Gasteiger partial charge is 0.306 e. The van der Waals surface area contributed by atoms with Crippen LogP contribution in [0.4, 0.5) is 0 Å². The average molecular weight is 295 g/mol. The van der Waals surface area contributed by atoms with Crippen LogP contribution in [-0.4, -0.2) is 16.0 Å². The second kappa shape index (κ2) is 11.9. The van der Waals surface area contributed by atoms with E-state index in [1.165, 1.54) is 44.9 Å². The van der Waals surface area contributed by atoms with Crippen molar-refractivity contribution in [3.8, 4) is 0 Å². The highest BCUT2D eigenvalue weighted by molar-refractivity contribution is 7.46. The molecule has 4 N–H and O–H groups in total. The van der Waals surface area contributed by atoms with E-state index in [9.17, 15) is 4.57 Å². The van der Waals surface area contributed by atoms with Gasteiger partial charge in [-0.2, -0.15) is 0 Å². The van der Waals surface area contributed by atoms with Gasteiger partial charge in [0.05, 0.1) is 0 Å². The molecule has 0 spiro atoms. The molecule has 0 aliphatic heterocycles. The number of phosphoric ester groups is 1. The largest absolute Gasteiger partial charge is 0.471 e. The Morgan fingerprint density at radius 1 is 0.947 bits per heavy atom. The first kappa shape index (κ1) is 19.1. The third-order valence-corrected chi connectivity index (χ3v) is 3.66. The van der Waals surface area contributed by atoms with E-state index in [4.69, 9.17) is 15.5 Å². The topological polar surface area (TPSA) is 92.8 Å². The van der Waals surface area contributed by atoms with Crippen LogP contribution in [0.5, 0.6) is 0 Å². The fraction of sp³-hybridized carbons (Fsp3) is 1.00. The summed E-state index contributed by atoms with van der Waals surface area (Å²) in [4.78, 5) is 17.1. The van der Waals surface area contributed by atoms with Crippen LogP contribution in [0.1, 0.15) is 77.6 Å². The monoisotopic (exact) mass is 295 g/mol. The molecule has 0 aromatic carbocycles. The van der Waals surface area contributed by atoms with E-state index in [2.05, 4.69) is 11.4 Å². The van der Waals surface area contributed by atoms with E-state index in [-0.39, 0.29) is 0 Å². The summed E-state index contributed by atoms with van der Waals surface area (Å²) in [6.45, 7) is 2.22. The van der Waals surface area contributed by atoms with E-state index in [0.29, 0.717) is 6.42 Å². The Balaban J connectivity index is 3.20. The number of nitrogens with two attached hydrogens (primary N) is 1. The Hall–Kier alpha value is 0.0700. The van der Waals surface area contributed by atoms with Crippen molar-refractivity contribution in [1.82, 2.24) is 0 Å². The predicted octanol–water partition coefficient (Wildman–Crippen LogP) is 3.69. The molecule has 19 heavy (non-hydrogen) atoms. The van der Waals surface area contributed by atoms with Crippen LogP contribution in [0.3, 0.4) is 0 Å². The van der Waals surface area contributed by atoms with Crippen LogP contribution in [0.2, 0.25) is 0 Å². The Kier molecular flexibility index (Phi) is 11.9. The van der Waals surface area contributed by atoms with Crippen LogP contribution < -0.4 is 5.73 Å². The molecule has 0 aliphatic carbocycles. The summed E-state index contributed by atoms with van der Waals surface area (Å²) < 4.78 is 14.9.